The molecule has 3 aromatic rings. The van der Waals surface area contributed by atoms with Gasteiger partial charge in [-0.2, -0.15) is 0 Å². The second kappa shape index (κ2) is 10.2. The van der Waals surface area contributed by atoms with Crippen molar-refractivity contribution in [2.24, 2.45) is 5.92 Å². The molecule has 4 nitrogen and oxygen atoms in total. The van der Waals surface area contributed by atoms with Crippen molar-refractivity contribution in [2.45, 2.75) is 38.6 Å². The Balaban J connectivity index is 1.46. The molecule has 1 N–H and O–H groups in total. The van der Waals surface area contributed by atoms with Crippen LogP contribution in [0.1, 0.15) is 36.8 Å². The van der Waals surface area contributed by atoms with Crippen LogP contribution in [0, 0.1) is 11.7 Å². The van der Waals surface area contributed by atoms with E-state index in [0.29, 0.717) is 12.2 Å². The maximum atomic E-state index is 13.3. The monoisotopic (exact) mass is 430 g/mol. The van der Waals surface area contributed by atoms with Crippen LogP contribution < -0.4 is 10.2 Å². The topological polar surface area (TPSA) is 49.4 Å². The van der Waals surface area contributed by atoms with Crippen LogP contribution in [0.3, 0.4) is 0 Å². The van der Waals surface area contributed by atoms with Gasteiger partial charge in [0, 0.05) is 17.3 Å². The van der Waals surface area contributed by atoms with Gasteiger partial charge in [0.1, 0.15) is 5.82 Å². The van der Waals surface area contributed by atoms with Gasteiger partial charge in [-0.25, -0.2) is 4.39 Å². The lowest BCUT2D eigenvalue weighted by Crippen LogP contribution is -2.35. The molecule has 0 radical (unpaired) electrons. The second-order valence-corrected chi connectivity index (χ2v) is 8.29. The summed E-state index contributed by atoms with van der Waals surface area (Å²) in [6.07, 6.45) is 4.32. The molecule has 0 saturated heterocycles. The molecule has 0 aromatic heterocycles. The molecular weight excluding hydrogens is 403 g/mol. The average Bonchev–Trinajstić information content (AvgIpc) is 3.35. The predicted molar refractivity (Wildman–Crippen MR) is 125 cm³/mol. The quantitative estimate of drug-likeness (QED) is 0.520. The summed E-state index contributed by atoms with van der Waals surface area (Å²) in [4.78, 5) is 27.5. The molecule has 0 heterocycles. The van der Waals surface area contributed by atoms with E-state index in [1.54, 1.807) is 0 Å². The van der Waals surface area contributed by atoms with Crippen molar-refractivity contribution >= 4 is 23.2 Å². The van der Waals surface area contributed by atoms with Crippen LogP contribution in [0.2, 0.25) is 0 Å². The Bertz CT molecular complexity index is 1040. The van der Waals surface area contributed by atoms with E-state index >= 15 is 0 Å². The summed E-state index contributed by atoms with van der Waals surface area (Å²) in [5.41, 5.74) is 3.33. The molecule has 0 unspecified atom stereocenters. The van der Waals surface area contributed by atoms with Gasteiger partial charge in [0.15, 0.2) is 0 Å². The number of hydrogen-bond acceptors (Lipinski definition) is 2. The maximum Gasteiger partial charge on any atom is 0.230 e. The van der Waals surface area contributed by atoms with E-state index < -0.39 is 0 Å². The van der Waals surface area contributed by atoms with Crippen molar-refractivity contribution < 1.29 is 14.0 Å². The highest BCUT2D eigenvalue weighted by Crippen LogP contribution is 2.30. The molecular formula is C27H27FN2O2. The molecule has 5 heteroatoms. The van der Waals surface area contributed by atoms with Crippen LogP contribution >= 0.6 is 0 Å². The summed E-state index contributed by atoms with van der Waals surface area (Å²) in [6, 6.07) is 23.3. The summed E-state index contributed by atoms with van der Waals surface area (Å²) < 4.78 is 13.0. The Kier molecular flexibility index (Phi) is 6.95. The Morgan fingerprint density at radius 1 is 0.844 bits per heavy atom. The first-order valence-electron chi connectivity index (χ1n) is 11.1. The van der Waals surface area contributed by atoms with E-state index in [0.717, 1.165) is 42.5 Å². The number of amides is 2. The standard InChI is InChI=1S/C27H27FN2O2/c28-23-12-14-24(15-13-23)29-26(31)18-20-10-16-25(17-11-20)30(19-21-6-2-1-3-7-21)27(32)22-8-4-5-9-22/h1-3,6-7,10-17,22H,4-5,8-9,18-19H2,(H,29,31). The number of hydrogen-bond donors (Lipinski definition) is 1. The van der Waals surface area contributed by atoms with Gasteiger partial charge in [0.05, 0.1) is 13.0 Å². The Hall–Kier alpha value is -3.47. The SMILES string of the molecule is O=C(Cc1ccc(N(Cc2ccccc2)C(=O)C2CCCC2)cc1)Nc1ccc(F)cc1. The van der Waals surface area contributed by atoms with Gasteiger partial charge in [-0.05, 0) is 60.4 Å². The summed E-state index contributed by atoms with van der Waals surface area (Å²) in [7, 11) is 0. The van der Waals surface area contributed by atoms with Gasteiger partial charge >= 0.3 is 0 Å². The van der Waals surface area contributed by atoms with E-state index in [2.05, 4.69) is 5.32 Å². The van der Waals surface area contributed by atoms with E-state index in [1.807, 2.05) is 59.5 Å². The summed E-state index contributed by atoms with van der Waals surface area (Å²) in [5, 5.41) is 2.77. The minimum absolute atomic E-state index is 0.0832. The predicted octanol–water partition coefficient (Wildman–Crippen LogP) is 5.73. The van der Waals surface area contributed by atoms with E-state index in [9.17, 15) is 14.0 Å². The molecule has 2 amide bonds. The molecule has 1 fully saturated rings. The summed E-state index contributed by atoms with van der Waals surface area (Å²) in [5.74, 6) is -0.258. The lowest BCUT2D eigenvalue weighted by Gasteiger charge is -2.26. The smallest absolute Gasteiger partial charge is 0.230 e. The first-order chi connectivity index (χ1) is 15.6. The van der Waals surface area contributed by atoms with Crippen molar-refractivity contribution in [1.82, 2.24) is 0 Å². The van der Waals surface area contributed by atoms with Crippen LogP contribution in [-0.4, -0.2) is 11.8 Å². The third-order valence-electron chi connectivity index (χ3n) is 5.89. The third kappa shape index (κ3) is 5.61. The zero-order chi connectivity index (χ0) is 22.3. The fourth-order valence-electron chi connectivity index (χ4n) is 4.17. The molecule has 32 heavy (non-hydrogen) atoms. The van der Waals surface area contributed by atoms with Crippen molar-refractivity contribution in [1.29, 1.82) is 0 Å². The first-order valence-corrected chi connectivity index (χ1v) is 11.1. The lowest BCUT2D eigenvalue weighted by atomic mass is 10.0. The lowest BCUT2D eigenvalue weighted by molar-refractivity contribution is -0.122. The van der Waals surface area contributed by atoms with Gasteiger partial charge in [-0.15, -0.1) is 0 Å². The average molecular weight is 431 g/mol. The van der Waals surface area contributed by atoms with E-state index in [4.69, 9.17) is 0 Å². The van der Waals surface area contributed by atoms with Crippen molar-refractivity contribution in [3.8, 4) is 0 Å². The number of nitrogens with one attached hydrogen (secondary N) is 1. The number of anilines is 2. The maximum absolute atomic E-state index is 13.3. The van der Waals surface area contributed by atoms with Crippen LogP contribution in [0.15, 0.2) is 78.9 Å². The van der Waals surface area contributed by atoms with Crippen molar-refractivity contribution in [3.63, 3.8) is 0 Å². The van der Waals surface area contributed by atoms with Crippen LogP contribution in [0.4, 0.5) is 15.8 Å². The van der Waals surface area contributed by atoms with Gasteiger partial charge in [0.2, 0.25) is 11.8 Å². The van der Waals surface area contributed by atoms with Gasteiger partial charge in [0.25, 0.3) is 0 Å². The van der Waals surface area contributed by atoms with E-state index in [-0.39, 0.29) is 30.0 Å². The number of carbonyl (C=O) groups is 2. The highest BCUT2D eigenvalue weighted by atomic mass is 19.1. The molecule has 3 aromatic carbocycles. The number of carbonyl (C=O) groups excluding carboxylic acids is 2. The Labute approximate surface area is 188 Å². The number of benzene rings is 3. The first kappa shape index (κ1) is 21.8. The number of rotatable bonds is 7. The van der Waals surface area contributed by atoms with E-state index in [1.165, 1.54) is 24.3 Å². The molecule has 0 aliphatic heterocycles. The number of nitrogens with zero attached hydrogens (tertiary/aromatic N) is 1. The zero-order valence-corrected chi connectivity index (χ0v) is 18.0. The van der Waals surface area contributed by atoms with Gasteiger partial charge < -0.3 is 10.2 Å². The van der Waals surface area contributed by atoms with Gasteiger partial charge in [-0.1, -0.05) is 55.3 Å². The minimum atomic E-state index is -0.342. The second-order valence-electron chi connectivity index (χ2n) is 8.29. The largest absolute Gasteiger partial charge is 0.326 e. The Morgan fingerprint density at radius 2 is 1.50 bits per heavy atom. The normalized spacial score (nSPS) is 13.7. The molecule has 0 spiro atoms. The summed E-state index contributed by atoms with van der Waals surface area (Å²) in [6.45, 7) is 0.528. The molecule has 0 bridgehead atoms. The summed E-state index contributed by atoms with van der Waals surface area (Å²) >= 11 is 0. The Morgan fingerprint density at radius 3 is 2.16 bits per heavy atom. The van der Waals surface area contributed by atoms with Gasteiger partial charge in [-0.3, -0.25) is 9.59 Å². The van der Waals surface area contributed by atoms with Crippen molar-refractivity contribution in [2.75, 3.05) is 10.2 Å². The molecule has 0 atom stereocenters. The minimum Gasteiger partial charge on any atom is -0.326 e. The highest BCUT2D eigenvalue weighted by Gasteiger charge is 2.28. The molecule has 4 rings (SSSR count). The molecule has 1 saturated carbocycles. The molecule has 164 valence electrons. The highest BCUT2D eigenvalue weighted by molar-refractivity contribution is 5.95. The third-order valence-corrected chi connectivity index (χ3v) is 5.89. The fraction of sp³-hybridized carbons (Fsp3) is 0.259. The molecule has 1 aliphatic carbocycles. The number of halogens is 1. The zero-order valence-electron chi connectivity index (χ0n) is 18.0. The van der Waals surface area contributed by atoms with Crippen LogP contribution in [0.25, 0.3) is 0 Å². The van der Waals surface area contributed by atoms with Crippen LogP contribution in [0.5, 0.6) is 0 Å². The van der Waals surface area contributed by atoms with Crippen LogP contribution in [-0.2, 0) is 22.6 Å². The fourth-order valence-corrected chi connectivity index (χ4v) is 4.17. The van der Waals surface area contributed by atoms with Crippen molar-refractivity contribution in [3.05, 3.63) is 95.8 Å². The molecule has 1 aliphatic rings.